The Bertz CT molecular complexity index is 559. The highest BCUT2D eigenvalue weighted by Crippen LogP contribution is 2.33. The molecule has 0 N–H and O–H groups in total. The Hall–Kier alpha value is -0.930. The molecule has 0 aliphatic carbocycles. The quantitative estimate of drug-likeness (QED) is 0.747. The number of oxime groups is 1. The number of thioether (sulfide) groups is 1. The molecular weight excluding hydrogens is 290 g/mol. The van der Waals surface area contributed by atoms with Gasteiger partial charge in [0.25, 0.3) is 0 Å². The normalized spacial score (nSPS) is 16.6. The summed E-state index contributed by atoms with van der Waals surface area (Å²) in [6.07, 6.45) is 0.871. The van der Waals surface area contributed by atoms with Crippen LogP contribution in [0.1, 0.15) is 39.7 Å². The molecule has 1 heterocycles. The zero-order valence-electron chi connectivity index (χ0n) is 12.4. The minimum atomic E-state index is -0.169. The zero-order valence-corrected chi connectivity index (χ0v) is 13.9. The van der Waals surface area contributed by atoms with E-state index in [9.17, 15) is 0 Å². The lowest BCUT2D eigenvalue weighted by Gasteiger charge is -2.14. The van der Waals surface area contributed by atoms with E-state index < -0.39 is 0 Å². The molecule has 0 amide bonds. The molecule has 0 spiro atoms. The zero-order chi connectivity index (χ0) is 14.8. The summed E-state index contributed by atoms with van der Waals surface area (Å²) in [6, 6.07) is 7.99. The van der Waals surface area contributed by atoms with Gasteiger partial charge in [-0.3, -0.25) is 0 Å². The second-order valence-electron chi connectivity index (χ2n) is 5.76. The topological polar surface area (TPSA) is 21.6 Å². The highest BCUT2D eigenvalue weighted by atomic mass is 35.5. The molecule has 1 aromatic carbocycles. The number of benzene rings is 1. The lowest BCUT2D eigenvalue weighted by atomic mass is 10.0. The van der Waals surface area contributed by atoms with Crippen LogP contribution in [0.25, 0.3) is 5.57 Å². The second kappa shape index (κ2) is 6.23. The number of rotatable bonds is 3. The molecule has 0 radical (unpaired) electrons. The Labute approximate surface area is 130 Å². The van der Waals surface area contributed by atoms with Crippen molar-refractivity contribution in [2.75, 3.05) is 5.75 Å². The first-order valence-electron chi connectivity index (χ1n) is 6.68. The molecule has 4 heteroatoms. The van der Waals surface area contributed by atoms with E-state index in [0.717, 1.165) is 27.8 Å². The van der Waals surface area contributed by atoms with E-state index in [0.29, 0.717) is 0 Å². The van der Waals surface area contributed by atoms with Crippen molar-refractivity contribution in [1.29, 1.82) is 0 Å². The molecule has 0 fully saturated rings. The van der Waals surface area contributed by atoms with Crippen LogP contribution in [0, 0.1) is 0 Å². The first-order valence-corrected chi connectivity index (χ1v) is 8.04. The van der Waals surface area contributed by atoms with Crippen LogP contribution in [0.2, 0.25) is 5.02 Å². The summed E-state index contributed by atoms with van der Waals surface area (Å²) in [5, 5.41) is 6.02. The van der Waals surface area contributed by atoms with Crippen LogP contribution in [-0.2, 0) is 4.84 Å². The maximum atomic E-state index is 6.31. The summed E-state index contributed by atoms with van der Waals surface area (Å²) in [4.78, 5) is 5.40. The smallest absolute Gasteiger partial charge is 0.138 e. The highest BCUT2D eigenvalue weighted by molar-refractivity contribution is 8.14. The van der Waals surface area contributed by atoms with Crippen LogP contribution in [0.15, 0.2) is 35.0 Å². The van der Waals surface area contributed by atoms with Crippen LogP contribution in [0.3, 0.4) is 0 Å². The number of hydrogen-bond donors (Lipinski definition) is 0. The van der Waals surface area contributed by atoms with E-state index in [1.165, 1.54) is 11.1 Å². The van der Waals surface area contributed by atoms with E-state index in [1.54, 1.807) is 11.8 Å². The Morgan fingerprint density at radius 1 is 1.35 bits per heavy atom. The van der Waals surface area contributed by atoms with Gasteiger partial charge < -0.3 is 4.84 Å². The molecule has 108 valence electrons. The molecule has 2 nitrogen and oxygen atoms in total. The molecule has 2 rings (SSSR count). The molecule has 0 unspecified atom stereocenters. The van der Waals surface area contributed by atoms with Crippen molar-refractivity contribution in [3.63, 3.8) is 0 Å². The summed E-state index contributed by atoms with van der Waals surface area (Å²) < 4.78 is 0. The maximum absolute atomic E-state index is 6.31. The third-order valence-corrected chi connectivity index (χ3v) is 4.47. The summed E-state index contributed by atoms with van der Waals surface area (Å²) in [6.45, 7) is 8.35. The second-order valence-corrected chi connectivity index (χ2v) is 7.22. The fourth-order valence-electron chi connectivity index (χ4n) is 2.03. The number of allylic oxidation sites excluding steroid dienone is 1. The van der Waals surface area contributed by atoms with Crippen LogP contribution < -0.4 is 0 Å². The van der Waals surface area contributed by atoms with E-state index >= 15 is 0 Å². The number of halogens is 1. The van der Waals surface area contributed by atoms with Gasteiger partial charge in [-0.2, -0.15) is 0 Å². The van der Waals surface area contributed by atoms with Gasteiger partial charge in [0.15, 0.2) is 0 Å². The van der Waals surface area contributed by atoms with Crippen LogP contribution in [-0.4, -0.2) is 16.4 Å². The first-order chi connectivity index (χ1) is 9.39. The largest absolute Gasteiger partial charge is 0.389 e. The number of nitrogens with zero attached hydrogens (tertiary/aromatic N) is 1. The van der Waals surface area contributed by atoms with Gasteiger partial charge in [0.05, 0.1) is 0 Å². The van der Waals surface area contributed by atoms with Crippen molar-refractivity contribution in [3.8, 4) is 0 Å². The lowest BCUT2D eigenvalue weighted by molar-refractivity contribution is 0.0123. The molecule has 0 atom stereocenters. The molecular formula is C16H20ClNOS. The van der Waals surface area contributed by atoms with Crippen molar-refractivity contribution >= 4 is 34.0 Å². The van der Waals surface area contributed by atoms with Gasteiger partial charge in [0, 0.05) is 17.2 Å². The summed E-state index contributed by atoms with van der Waals surface area (Å²) in [7, 11) is 0. The minimum absolute atomic E-state index is 0.169. The van der Waals surface area contributed by atoms with Gasteiger partial charge >= 0.3 is 0 Å². The number of hydrogen-bond acceptors (Lipinski definition) is 3. The monoisotopic (exact) mass is 309 g/mol. The Balaban J connectivity index is 2.10. The predicted molar refractivity (Wildman–Crippen MR) is 89.4 cm³/mol. The fraction of sp³-hybridized carbons (Fsp3) is 0.438. The SMILES string of the molecule is CC(C)=C(CSC1=NOC(C)(C)C1)c1ccccc1Cl. The maximum Gasteiger partial charge on any atom is 0.138 e. The lowest BCUT2D eigenvalue weighted by Crippen LogP contribution is -2.18. The third kappa shape index (κ3) is 3.80. The molecule has 0 saturated heterocycles. The van der Waals surface area contributed by atoms with E-state index in [4.69, 9.17) is 16.4 Å². The van der Waals surface area contributed by atoms with Crippen molar-refractivity contribution in [2.24, 2.45) is 5.16 Å². The average molecular weight is 310 g/mol. The molecule has 1 aliphatic heterocycles. The standard InChI is InChI=1S/C16H20ClNOS/c1-11(2)13(12-7-5-6-8-14(12)17)10-20-15-9-16(3,4)19-18-15/h5-8H,9-10H2,1-4H3. The summed E-state index contributed by atoms with van der Waals surface area (Å²) >= 11 is 8.04. The van der Waals surface area contributed by atoms with Gasteiger partial charge in [-0.1, -0.05) is 40.5 Å². The van der Waals surface area contributed by atoms with Crippen molar-refractivity contribution < 1.29 is 4.84 Å². The van der Waals surface area contributed by atoms with Crippen LogP contribution in [0.5, 0.6) is 0 Å². The third-order valence-electron chi connectivity index (χ3n) is 3.16. The summed E-state index contributed by atoms with van der Waals surface area (Å²) in [5.41, 5.74) is 3.50. The van der Waals surface area contributed by atoms with Gasteiger partial charge in [0.2, 0.25) is 0 Å². The van der Waals surface area contributed by atoms with E-state index in [-0.39, 0.29) is 5.60 Å². The fourth-order valence-corrected chi connectivity index (χ4v) is 3.58. The highest BCUT2D eigenvalue weighted by Gasteiger charge is 2.29. The van der Waals surface area contributed by atoms with Crippen molar-refractivity contribution in [1.82, 2.24) is 0 Å². The minimum Gasteiger partial charge on any atom is -0.389 e. The Morgan fingerprint density at radius 3 is 2.60 bits per heavy atom. The van der Waals surface area contributed by atoms with E-state index in [1.807, 2.05) is 18.2 Å². The van der Waals surface area contributed by atoms with Crippen LogP contribution in [0.4, 0.5) is 0 Å². The Kier molecular flexibility index (Phi) is 4.82. The van der Waals surface area contributed by atoms with Gasteiger partial charge in [-0.15, -0.1) is 11.8 Å². The Morgan fingerprint density at radius 2 is 2.05 bits per heavy atom. The average Bonchev–Trinajstić information content (AvgIpc) is 2.71. The van der Waals surface area contributed by atoms with Crippen LogP contribution >= 0.6 is 23.4 Å². The first kappa shape index (κ1) is 15.5. The van der Waals surface area contributed by atoms with Gasteiger partial charge in [0.1, 0.15) is 10.6 Å². The molecule has 1 aliphatic rings. The molecule has 0 aromatic heterocycles. The van der Waals surface area contributed by atoms with E-state index in [2.05, 4.69) is 38.9 Å². The van der Waals surface area contributed by atoms with Crippen molar-refractivity contribution in [3.05, 3.63) is 40.4 Å². The van der Waals surface area contributed by atoms with Gasteiger partial charge in [-0.25, -0.2) is 0 Å². The molecule has 1 aromatic rings. The van der Waals surface area contributed by atoms with Crippen molar-refractivity contribution in [2.45, 2.75) is 39.7 Å². The predicted octanol–water partition coefficient (Wildman–Crippen LogP) is 5.38. The molecule has 0 saturated carbocycles. The summed E-state index contributed by atoms with van der Waals surface area (Å²) in [5.74, 6) is 0.865. The van der Waals surface area contributed by atoms with Gasteiger partial charge in [-0.05, 0) is 44.9 Å². The molecule has 20 heavy (non-hydrogen) atoms. The molecule has 0 bridgehead atoms.